The molecule has 4 heteroatoms. The van der Waals surface area contributed by atoms with E-state index in [2.05, 4.69) is 0 Å². The number of hydrogen-bond acceptors (Lipinski definition) is 1. The number of rotatable bonds is 0. The molecule has 0 aromatic carbocycles. The SMILES string of the molecule is FN1CCC(F)(F)C1. The smallest absolute Gasteiger partial charge is 0.205 e. The standard InChI is InChI=1S/C4H6F3N/c5-4(6)1-2-8(7)3-4/h1-3H2. The molecule has 0 aliphatic carbocycles. The van der Waals surface area contributed by atoms with Gasteiger partial charge < -0.3 is 0 Å². The molecule has 1 saturated heterocycles. The highest BCUT2D eigenvalue weighted by atomic mass is 19.3. The Balaban J connectivity index is 2.44. The van der Waals surface area contributed by atoms with Crippen molar-refractivity contribution in [1.29, 1.82) is 0 Å². The van der Waals surface area contributed by atoms with Gasteiger partial charge in [0.25, 0.3) is 5.92 Å². The van der Waals surface area contributed by atoms with E-state index in [0.29, 0.717) is 0 Å². The predicted octanol–water partition coefficient (Wildman–Crippen LogP) is 1.21. The van der Waals surface area contributed by atoms with Gasteiger partial charge in [-0.15, -0.1) is 9.60 Å². The first-order valence-electron chi connectivity index (χ1n) is 2.39. The van der Waals surface area contributed by atoms with Gasteiger partial charge in [-0.2, -0.15) is 0 Å². The molecule has 48 valence electrons. The lowest BCUT2D eigenvalue weighted by molar-refractivity contribution is -0.0270. The molecule has 1 nitrogen and oxygen atoms in total. The van der Waals surface area contributed by atoms with Gasteiger partial charge in [0.15, 0.2) is 0 Å². The second kappa shape index (κ2) is 1.62. The van der Waals surface area contributed by atoms with E-state index in [4.69, 9.17) is 0 Å². The summed E-state index contributed by atoms with van der Waals surface area (Å²) in [5.41, 5.74) is 0. The number of nitrogens with zero attached hydrogens (tertiary/aromatic N) is 1. The Morgan fingerprint density at radius 2 is 2.00 bits per heavy atom. The van der Waals surface area contributed by atoms with Gasteiger partial charge in [-0.3, -0.25) is 0 Å². The average molecular weight is 125 g/mol. The third-order valence-corrected chi connectivity index (χ3v) is 1.12. The molecule has 1 aliphatic rings. The van der Waals surface area contributed by atoms with Crippen LogP contribution in [0.25, 0.3) is 0 Å². The van der Waals surface area contributed by atoms with E-state index >= 15 is 0 Å². The molecule has 0 unspecified atom stereocenters. The molecule has 0 amide bonds. The van der Waals surface area contributed by atoms with Crippen molar-refractivity contribution < 1.29 is 13.3 Å². The normalized spacial score (nSPS) is 28.9. The van der Waals surface area contributed by atoms with Crippen molar-refractivity contribution in [1.82, 2.24) is 5.12 Å². The third kappa shape index (κ3) is 1.12. The molecule has 1 aliphatic heterocycles. The lowest BCUT2D eigenvalue weighted by atomic mass is 10.3. The number of halogens is 3. The average Bonchev–Trinajstić information content (AvgIpc) is 1.82. The van der Waals surface area contributed by atoms with E-state index in [1.54, 1.807) is 0 Å². The summed E-state index contributed by atoms with van der Waals surface area (Å²) in [5.74, 6) is -2.78. The number of alkyl halides is 2. The van der Waals surface area contributed by atoms with Crippen molar-refractivity contribution in [3.8, 4) is 0 Å². The zero-order valence-corrected chi connectivity index (χ0v) is 4.20. The monoisotopic (exact) mass is 125 g/mol. The van der Waals surface area contributed by atoms with Crippen LogP contribution in [0, 0.1) is 0 Å². The first-order chi connectivity index (χ1) is 3.60. The Bertz CT molecular complexity index is 93.3. The highest BCUT2D eigenvalue weighted by Crippen LogP contribution is 2.26. The maximum atomic E-state index is 11.9. The van der Waals surface area contributed by atoms with Gasteiger partial charge in [0.2, 0.25) is 0 Å². The molecule has 1 fully saturated rings. The van der Waals surface area contributed by atoms with E-state index in [9.17, 15) is 13.3 Å². The first-order valence-corrected chi connectivity index (χ1v) is 2.39. The first kappa shape index (κ1) is 5.88. The highest BCUT2D eigenvalue weighted by Gasteiger charge is 2.38. The maximum absolute atomic E-state index is 11.9. The lowest BCUT2D eigenvalue weighted by Crippen LogP contribution is -2.18. The lowest BCUT2D eigenvalue weighted by Gasteiger charge is -2.03. The predicted molar refractivity (Wildman–Crippen MR) is 22.2 cm³/mol. The molecule has 1 rings (SSSR count). The molecular weight excluding hydrogens is 119 g/mol. The molecule has 0 spiro atoms. The summed E-state index contributed by atoms with van der Waals surface area (Å²) in [6, 6.07) is 0. The minimum atomic E-state index is -2.78. The zero-order valence-electron chi connectivity index (χ0n) is 4.20. The minimum Gasteiger partial charge on any atom is -0.205 e. The summed E-state index contributed by atoms with van der Waals surface area (Å²) in [6.45, 7) is -0.861. The van der Waals surface area contributed by atoms with Gasteiger partial charge in [0.1, 0.15) is 0 Å². The molecule has 0 aromatic heterocycles. The molecule has 0 N–H and O–H groups in total. The summed E-state index contributed by atoms with van der Waals surface area (Å²) in [7, 11) is 0. The van der Waals surface area contributed by atoms with Crippen LogP contribution in [-0.4, -0.2) is 24.1 Å². The van der Waals surface area contributed by atoms with Gasteiger partial charge in [0, 0.05) is 13.0 Å². The van der Waals surface area contributed by atoms with Crippen LogP contribution in [0.5, 0.6) is 0 Å². The maximum Gasteiger partial charge on any atom is 0.264 e. The van der Waals surface area contributed by atoms with E-state index < -0.39 is 12.5 Å². The van der Waals surface area contributed by atoms with Gasteiger partial charge >= 0.3 is 0 Å². The van der Waals surface area contributed by atoms with Crippen molar-refractivity contribution in [2.45, 2.75) is 12.3 Å². The summed E-state index contributed by atoms with van der Waals surface area (Å²) in [5, 5.41) is 0.139. The summed E-state index contributed by atoms with van der Waals surface area (Å²) in [4.78, 5) is 0. The Kier molecular flexibility index (Phi) is 1.19. The van der Waals surface area contributed by atoms with E-state index in [1.807, 2.05) is 0 Å². The molecular formula is C4H6F3N. The van der Waals surface area contributed by atoms with Crippen molar-refractivity contribution in [2.24, 2.45) is 0 Å². The van der Waals surface area contributed by atoms with Crippen LogP contribution in [0.3, 0.4) is 0 Å². The Morgan fingerprint density at radius 3 is 2.12 bits per heavy atom. The van der Waals surface area contributed by atoms with Crippen molar-refractivity contribution >= 4 is 0 Å². The minimum absolute atomic E-state index is 0.132. The Morgan fingerprint density at radius 1 is 1.38 bits per heavy atom. The van der Waals surface area contributed by atoms with Crippen molar-refractivity contribution in [3.63, 3.8) is 0 Å². The van der Waals surface area contributed by atoms with Crippen molar-refractivity contribution in [2.75, 3.05) is 13.1 Å². The second-order valence-electron chi connectivity index (χ2n) is 1.95. The quantitative estimate of drug-likeness (QED) is 0.440. The van der Waals surface area contributed by atoms with Crippen LogP contribution in [0.1, 0.15) is 6.42 Å². The highest BCUT2D eigenvalue weighted by molar-refractivity contribution is 4.76. The molecule has 0 atom stereocenters. The summed E-state index contributed by atoms with van der Waals surface area (Å²) < 4.78 is 35.6. The van der Waals surface area contributed by atoms with Crippen LogP contribution in [0.4, 0.5) is 13.3 Å². The largest absolute Gasteiger partial charge is 0.264 e. The zero-order chi connectivity index (χ0) is 6.20. The summed E-state index contributed by atoms with van der Waals surface area (Å²) >= 11 is 0. The third-order valence-electron chi connectivity index (χ3n) is 1.12. The molecule has 0 bridgehead atoms. The molecule has 0 saturated carbocycles. The van der Waals surface area contributed by atoms with Crippen LogP contribution < -0.4 is 0 Å². The molecule has 1 heterocycles. The van der Waals surface area contributed by atoms with Crippen LogP contribution in [0.2, 0.25) is 0 Å². The molecule has 0 aromatic rings. The van der Waals surface area contributed by atoms with Crippen LogP contribution in [-0.2, 0) is 0 Å². The van der Waals surface area contributed by atoms with Crippen molar-refractivity contribution in [3.05, 3.63) is 0 Å². The fourth-order valence-electron chi connectivity index (χ4n) is 0.694. The molecule has 8 heavy (non-hydrogen) atoms. The van der Waals surface area contributed by atoms with Gasteiger partial charge in [-0.05, 0) is 0 Å². The summed E-state index contributed by atoms with van der Waals surface area (Å²) in [6.07, 6.45) is -0.344. The van der Waals surface area contributed by atoms with Gasteiger partial charge in [0.05, 0.1) is 6.54 Å². The van der Waals surface area contributed by atoms with Crippen LogP contribution >= 0.6 is 0 Å². The number of hydrogen-bond donors (Lipinski definition) is 0. The van der Waals surface area contributed by atoms with Gasteiger partial charge in [-0.1, -0.05) is 0 Å². The van der Waals surface area contributed by atoms with Gasteiger partial charge in [-0.25, -0.2) is 8.78 Å². The van der Waals surface area contributed by atoms with Crippen LogP contribution in [0.15, 0.2) is 0 Å². The molecule has 0 radical (unpaired) electrons. The Labute approximate surface area is 45.0 Å². The second-order valence-corrected chi connectivity index (χ2v) is 1.95. The topological polar surface area (TPSA) is 3.24 Å². The fraction of sp³-hybridized carbons (Fsp3) is 1.00. The van der Waals surface area contributed by atoms with E-state index in [0.717, 1.165) is 0 Å². The van der Waals surface area contributed by atoms with E-state index in [-0.39, 0.29) is 18.1 Å². The van der Waals surface area contributed by atoms with E-state index in [1.165, 1.54) is 0 Å². The Hall–Kier alpha value is -0.250. The fourth-order valence-corrected chi connectivity index (χ4v) is 0.694.